The number of benzene rings is 1. The Labute approximate surface area is 116 Å². The Morgan fingerprint density at radius 2 is 2.11 bits per heavy atom. The molecule has 1 aromatic carbocycles. The van der Waals surface area contributed by atoms with E-state index in [1.807, 2.05) is 12.1 Å². The summed E-state index contributed by atoms with van der Waals surface area (Å²) in [4.78, 5) is 0. The molecule has 1 aliphatic carbocycles. The van der Waals surface area contributed by atoms with Crippen molar-refractivity contribution in [2.45, 2.75) is 51.5 Å². The Balaban J connectivity index is 1.87. The fourth-order valence-electron chi connectivity index (χ4n) is 2.99. The van der Waals surface area contributed by atoms with Crippen molar-refractivity contribution in [2.24, 2.45) is 5.92 Å². The Hall–Kier alpha value is -0.530. The maximum absolute atomic E-state index is 6.25. The van der Waals surface area contributed by atoms with E-state index in [-0.39, 0.29) is 0 Å². The van der Waals surface area contributed by atoms with E-state index < -0.39 is 0 Å². The first kappa shape index (κ1) is 13.9. The first-order valence-electron chi connectivity index (χ1n) is 7.26. The topological polar surface area (TPSA) is 12.0 Å². The predicted octanol–water partition coefficient (Wildman–Crippen LogP) is 4.44. The van der Waals surface area contributed by atoms with Gasteiger partial charge in [0.15, 0.2) is 0 Å². The zero-order valence-electron chi connectivity index (χ0n) is 11.3. The molecule has 1 N–H and O–H groups in total. The van der Waals surface area contributed by atoms with Crippen molar-refractivity contribution >= 4 is 11.6 Å². The highest BCUT2D eigenvalue weighted by molar-refractivity contribution is 6.31. The number of nitrogens with one attached hydrogen (secondary N) is 1. The van der Waals surface area contributed by atoms with Gasteiger partial charge in [-0.2, -0.15) is 0 Å². The van der Waals surface area contributed by atoms with Crippen LogP contribution >= 0.6 is 11.6 Å². The molecule has 1 aliphatic rings. The van der Waals surface area contributed by atoms with Crippen LogP contribution in [0.15, 0.2) is 24.3 Å². The largest absolute Gasteiger partial charge is 0.314 e. The molecule has 2 heteroatoms. The minimum absolute atomic E-state index is 0.728. The zero-order valence-corrected chi connectivity index (χ0v) is 12.0. The van der Waals surface area contributed by atoms with E-state index in [0.29, 0.717) is 0 Å². The summed E-state index contributed by atoms with van der Waals surface area (Å²) in [6.07, 6.45) is 7.74. The smallest absolute Gasteiger partial charge is 0.0438 e. The number of hydrogen-bond donors (Lipinski definition) is 1. The van der Waals surface area contributed by atoms with Crippen molar-refractivity contribution in [3.05, 3.63) is 34.9 Å². The molecule has 0 bridgehead atoms. The molecule has 1 saturated carbocycles. The third-order valence-corrected chi connectivity index (χ3v) is 4.30. The summed E-state index contributed by atoms with van der Waals surface area (Å²) in [5, 5.41) is 4.60. The van der Waals surface area contributed by atoms with Crippen LogP contribution in [0.2, 0.25) is 5.02 Å². The lowest BCUT2D eigenvalue weighted by molar-refractivity contribution is 0.284. The van der Waals surface area contributed by atoms with Crippen molar-refractivity contribution in [1.29, 1.82) is 0 Å². The van der Waals surface area contributed by atoms with Gasteiger partial charge in [-0.15, -0.1) is 0 Å². The van der Waals surface area contributed by atoms with Crippen LogP contribution in [-0.2, 0) is 6.42 Å². The lowest BCUT2D eigenvalue weighted by Gasteiger charge is -2.30. The van der Waals surface area contributed by atoms with Crippen LogP contribution in [-0.4, -0.2) is 12.6 Å². The van der Waals surface area contributed by atoms with Crippen LogP contribution in [0.1, 0.15) is 44.6 Å². The van der Waals surface area contributed by atoms with Gasteiger partial charge in [-0.1, -0.05) is 49.6 Å². The summed E-state index contributed by atoms with van der Waals surface area (Å²) in [6, 6.07) is 9.01. The van der Waals surface area contributed by atoms with E-state index in [1.165, 1.54) is 37.7 Å². The van der Waals surface area contributed by atoms with E-state index in [9.17, 15) is 0 Å². The summed E-state index contributed by atoms with van der Waals surface area (Å²) in [5.41, 5.74) is 1.32. The first-order chi connectivity index (χ1) is 8.79. The molecule has 0 amide bonds. The van der Waals surface area contributed by atoms with Gasteiger partial charge in [0.25, 0.3) is 0 Å². The van der Waals surface area contributed by atoms with Gasteiger partial charge in [0.05, 0.1) is 0 Å². The SMILES string of the molecule is CCCNC1CCCC(Cc2ccccc2Cl)C1. The van der Waals surface area contributed by atoms with Gasteiger partial charge in [-0.25, -0.2) is 0 Å². The average Bonchev–Trinajstić information content (AvgIpc) is 2.40. The number of hydrogen-bond acceptors (Lipinski definition) is 1. The molecule has 1 aromatic rings. The Morgan fingerprint density at radius 1 is 1.28 bits per heavy atom. The molecule has 1 fully saturated rings. The fraction of sp³-hybridized carbons (Fsp3) is 0.625. The lowest BCUT2D eigenvalue weighted by Crippen LogP contribution is -2.35. The second kappa shape index (κ2) is 7.16. The van der Waals surface area contributed by atoms with Crippen LogP contribution in [0, 0.1) is 5.92 Å². The van der Waals surface area contributed by atoms with E-state index in [1.54, 1.807) is 0 Å². The van der Waals surface area contributed by atoms with E-state index >= 15 is 0 Å². The van der Waals surface area contributed by atoms with Gasteiger partial charge in [-0.05, 0) is 49.8 Å². The molecule has 2 unspecified atom stereocenters. The summed E-state index contributed by atoms with van der Waals surface area (Å²) in [7, 11) is 0. The third kappa shape index (κ3) is 4.00. The number of rotatable bonds is 5. The van der Waals surface area contributed by atoms with Crippen molar-refractivity contribution in [2.75, 3.05) is 6.54 Å². The minimum Gasteiger partial charge on any atom is -0.314 e. The molecule has 1 nitrogen and oxygen atoms in total. The molecule has 0 aliphatic heterocycles. The molecule has 0 heterocycles. The van der Waals surface area contributed by atoms with Crippen LogP contribution in [0.4, 0.5) is 0 Å². The fourth-order valence-corrected chi connectivity index (χ4v) is 3.20. The van der Waals surface area contributed by atoms with E-state index in [0.717, 1.165) is 29.9 Å². The highest BCUT2D eigenvalue weighted by Crippen LogP contribution is 2.29. The summed E-state index contributed by atoms with van der Waals surface area (Å²) in [6.45, 7) is 3.39. The van der Waals surface area contributed by atoms with Crippen molar-refractivity contribution in [3.8, 4) is 0 Å². The molecule has 100 valence electrons. The van der Waals surface area contributed by atoms with Gasteiger partial charge in [0.1, 0.15) is 0 Å². The molecular weight excluding hydrogens is 242 g/mol. The molecule has 18 heavy (non-hydrogen) atoms. The normalized spacial score (nSPS) is 24.1. The molecule has 0 aromatic heterocycles. The summed E-state index contributed by atoms with van der Waals surface area (Å²) >= 11 is 6.25. The van der Waals surface area contributed by atoms with Crippen molar-refractivity contribution < 1.29 is 0 Å². The Kier molecular flexibility index (Phi) is 5.52. The standard InChI is InChI=1S/C16H24ClN/c1-2-10-18-15-8-5-6-13(12-15)11-14-7-3-4-9-16(14)17/h3-4,7,9,13,15,18H,2,5-6,8,10-12H2,1H3. The quantitative estimate of drug-likeness (QED) is 0.830. The highest BCUT2D eigenvalue weighted by atomic mass is 35.5. The predicted molar refractivity (Wildman–Crippen MR) is 79.2 cm³/mol. The maximum Gasteiger partial charge on any atom is 0.0438 e. The van der Waals surface area contributed by atoms with Gasteiger partial charge >= 0.3 is 0 Å². The average molecular weight is 266 g/mol. The molecule has 0 radical (unpaired) electrons. The van der Waals surface area contributed by atoms with Crippen molar-refractivity contribution in [1.82, 2.24) is 5.32 Å². The molecule has 0 spiro atoms. The van der Waals surface area contributed by atoms with E-state index in [4.69, 9.17) is 11.6 Å². The van der Waals surface area contributed by atoms with Crippen molar-refractivity contribution in [3.63, 3.8) is 0 Å². The first-order valence-corrected chi connectivity index (χ1v) is 7.64. The molecule has 2 atom stereocenters. The van der Waals surface area contributed by atoms with Gasteiger partial charge < -0.3 is 5.32 Å². The molecular formula is C16H24ClN. The van der Waals surface area contributed by atoms with Gasteiger partial charge in [0, 0.05) is 11.1 Å². The summed E-state index contributed by atoms with van der Waals surface area (Å²) < 4.78 is 0. The van der Waals surface area contributed by atoms with Crippen LogP contribution in [0.3, 0.4) is 0 Å². The van der Waals surface area contributed by atoms with Gasteiger partial charge in [0.2, 0.25) is 0 Å². The maximum atomic E-state index is 6.25. The van der Waals surface area contributed by atoms with Crippen LogP contribution in [0.5, 0.6) is 0 Å². The molecule has 0 saturated heterocycles. The lowest BCUT2D eigenvalue weighted by atomic mass is 9.82. The third-order valence-electron chi connectivity index (χ3n) is 3.93. The second-order valence-electron chi connectivity index (χ2n) is 5.48. The number of halogens is 1. The van der Waals surface area contributed by atoms with Gasteiger partial charge in [-0.3, -0.25) is 0 Å². The zero-order chi connectivity index (χ0) is 12.8. The highest BCUT2D eigenvalue weighted by Gasteiger charge is 2.22. The van der Waals surface area contributed by atoms with Crippen LogP contribution < -0.4 is 5.32 Å². The summed E-state index contributed by atoms with van der Waals surface area (Å²) in [5.74, 6) is 0.799. The second-order valence-corrected chi connectivity index (χ2v) is 5.89. The minimum atomic E-state index is 0.728. The monoisotopic (exact) mass is 265 g/mol. The molecule has 2 rings (SSSR count). The van der Waals surface area contributed by atoms with Crippen LogP contribution in [0.25, 0.3) is 0 Å². The van der Waals surface area contributed by atoms with E-state index in [2.05, 4.69) is 24.4 Å². The Bertz CT molecular complexity index is 364. The Morgan fingerprint density at radius 3 is 2.89 bits per heavy atom.